The van der Waals surface area contributed by atoms with Crippen molar-refractivity contribution in [3.05, 3.63) is 53.5 Å². The number of carbonyl (C=O) groups is 1. The number of rotatable bonds is 3. The van der Waals surface area contributed by atoms with Crippen LogP contribution >= 0.6 is 0 Å². The maximum Gasteiger partial charge on any atom is 0.255 e. The van der Waals surface area contributed by atoms with Crippen molar-refractivity contribution < 1.29 is 14.3 Å². The standard InChI is InChI=1S/C13H13NO3/c1-9-2-3-11(12(15)6-9)13(16)14-7-10-4-5-17-8-10/h2-6,8,15H,7H2,1H3,(H,14,16). The second-order valence-electron chi connectivity index (χ2n) is 3.83. The maximum atomic E-state index is 11.8. The lowest BCUT2D eigenvalue weighted by Crippen LogP contribution is -2.22. The van der Waals surface area contributed by atoms with Gasteiger partial charge in [0.15, 0.2) is 0 Å². The van der Waals surface area contributed by atoms with E-state index in [1.807, 2.05) is 6.92 Å². The van der Waals surface area contributed by atoms with Crippen LogP contribution in [0.5, 0.6) is 5.75 Å². The molecular weight excluding hydrogens is 218 g/mol. The fourth-order valence-electron chi connectivity index (χ4n) is 1.50. The van der Waals surface area contributed by atoms with E-state index in [1.165, 1.54) is 0 Å². The highest BCUT2D eigenvalue weighted by Gasteiger charge is 2.10. The lowest BCUT2D eigenvalue weighted by Gasteiger charge is -2.06. The number of phenols is 1. The second-order valence-corrected chi connectivity index (χ2v) is 3.83. The molecule has 0 saturated heterocycles. The van der Waals surface area contributed by atoms with Crippen LogP contribution in [0.4, 0.5) is 0 Å². The normalized spacial score (nSPS) is 10.2. The number of hydrogen-bond acceptors (Lipinski definition) is 3. The van der Waals surface area contributed by atoms with Crippen LogP contribution < -0.4 is 5.32 Å². The Labute approximate surface area is 98.9 Å². The van der Waals surface area contributed by atoms with Crippen molar-refractivity contribution in [2.75, 3.05) is 0 Å². The van der Waals surface area contributed by atoms with E-state index in [0.29, 0.717) is 6.54 Å². The molecule has 4 heteroatoms. The van der Waals surface area contributed by atoms with E-state index in [1.54, 1.807) is 36.8 Å². The van der Waals surface area contributed by atoms with Gasteiger partial charge in [0.2, 0.25) is 0 Å². The summed E-state index contributed by atoms with van der Waals surface area (Å²) in [5.74, 6) is -0.307. The summed E-state index contributed by atoms with van der Waals surface area (Å²) in [6.07, 6.45) is 3.11. The molecule has 0 radical (unpaired) electrons. The minimum atomic E-state index is -0.302. The first kappa shape index (κ1) is 11.3. The van der Waals surface area contributed by atoms with Gasteiger partial charge >= 0.3 is 0 Å². The van der Waals surface area contributed by atoms with E-state index in [0.717, 1.165) is 11.1 Å². The van der Waals surface area contributed by atoms with Crippen molar-refractivity contribution in [3.8, 4) is 5.75 Å². The van der Waals surface area contributed by atoms with E-state index in [4.69, 9.17) is 4.42 Å². The third kappa shape index (κ3) is 2.66. The number of aromatic hydroxyl groups is 1. The van der Waals surface area contributed by atoms with Crippen molar-refractivity contribution in [3.63, 3.8) is 0 Å². The highest BCUT2D eigenvalue weighted by atomic mass is 16.3. The number of aryl methyl sites for hydroxylation is 1. The molecule has 0 bridgehead atoms. The molecule has 0 fully saturated rings. The smallest absolute Gasteiger partial charge is 0.255 e. The predicted octanol–water partition coefficient (Wildman–Crippen LogP) is 2.22. The summed E-state index contributed by atoms with van der Waals surface area (Å²) in [6.45, 7) is 2.23. The molecule has 17 heavy (non-hydrogen) atoms. The van der Waals surface area contributed by atoms with Gasteiger partial charge in [-0.1, -0.05) is 6.07 Å². The Kier molecular flexibility index (Phi) is 3.14. The summed E-state index contributed by atoms with van der Waals surface area (Å²) in [7, 11) is 0. The quantitative estimate of drug-likeness (QED) is 0.851. The van der Waals surface area contributed by atoms with Crippen LogP contribution in [0.3, 0.4) is 0 Å². The molecule has 2 rings (SSSR count). The van der Waals surface area contributed by atoms with Crippen LogP contribution in [-0.4, -0.2) is 11.0 Å². The third-order valence-corrected chi connectivity index (χ3v) is 2.43. The third-order valence-electron chi connectivity index (χ3n) is 2.43. The molecule has 0 atom stereocenters. The molecule has 2 aromatic rings. The van der Waals surface area contributed by atoms with Gasteiger partial charge in [-0.3, -0.25) is 4.79 Å². The Bertz CT molecular complexity index is 517. The number of hydrogen-bond donors (Lipinski definition) is 2. The van der Waals surface area contributed by atoms with E-state index < -0.39 is 0 Å². The van der Waals surface area contributed by atoms with Crippen molar-refractivity contribution in [2.24, 2.45) is 0 Å². The number of benzene rings is 1. The van der Waals surface area contributed by atoms with E-state index in [9.17, 15) is 9.90 Å². The first-order chi connectivity index (χ1) is 8.16. The molecule has 1 aromatic carbocycles. The van der Waals surface area contributed by atoms with Gasteiger partial charge < -0.3 is 14.8 Å². The summed E-state index contributed by atoms with van der Waals surface area (Å²) in [6, 6.07) is 6.73. The molecule has 0 aliphatic heterocycles. The van der Waals surface area contributed by atoms with Crippen LogP contribution in [0.1, 0.15) is 21.5 Å². The molecule has 1 amide bonds. The van der Waals surface area contributed by atoms with Gasteiger partial charge in [0.25, 0.3) is 5.91 Å². The molecule has 0 unspecified atom stereocenters. The van der Waals surface area contributed by atoms with Crippen LogP contribution in [0, 0.1) is 6.92 Å². The lowest BCUT2D eigenvalue weighted by atomic mass is 10.1. The zero-order valence-corrected chi connectivity index (χ0v) is 9.43. The average molecular weight is 231 g/mol. The zero-order valence-electron chi connectivity index (χ0n) is 9.43. The van der Waals surface area contributed by atoms with Crippen LogP contribution in [0.15, 0.2) is 41.2 Å². The van der Waals surface area contributed by atoms with Gasteiger partial charge in [-0.05, 0) is 30.7 Å². The molecule has 2 N–H and O–H groups in total. The summed E-state index contributed by atoms with van der Waals surface area (Å²) < 4.78 is 4.89. The number of phenolic OH excluding ortho intramolecular Hbond substituents is 1. The Balaban J connectivity index is 2.04. The van der Waals surface area contributed by atoms with Gasteiger partial charge in [-0.2, -0.15) is 0 Å². The van der Waals surface area contributed by atoms with Crippen molar-refractivity contribution in [1.29, 1.82) is 0 Å². The Morgan fingerprint density at radius 2 is 2.24 bits per heavy atom. The number of furan rings is 1. The lowest BCUT2D eigenvalue weighted by molar-refractivity contribution is 0.0948. The summed E-state index contributed by atoms with van der Waals surface area (Å²) >= 11 is 0. The largest absolute Gasteiger partial charge is 0.507 e. The predicted molar refractivity (Wildman–Crippen MR) is 62.7 cm³/mol. The van der Waals surface area contributed by atoms with Gasteiger partial charge in [-0.15, -0.1) is 0 Å². The maximum absolute atomic E-state index is 11.8. The molecule has 0 spiro atoms. The summed E-state index contributed by atoms with van der Waals surface area (Å²) in [5.41, 5.74) is 2.07. The number of carbonyl (C=O) groups excluding carboxylic acids is 1. The molecule has 0 saturated carbocycles. The molecule has 0 aliphatic rings. The van der Waals surface area contributed by atoms with Gasteiger partial charge in [0.1, 0.15) is 5.75 Å². The fourth-order valence-corrected chi connectivity index (χ4v) is 1.50. The fraction of sp³-hybridized carbons (Fsp3) is 0.154. The van der Waals surface area contributed by atoms with Crippen LogP contribution in [0.25, 0.3) is 0 Å². The Hall–Kier alpha value is -2.23. The second kappa shape index (κ2) is 4.74. The van der Waals surface area contributed by atoms with Crippen molar-refractivity contribution in [2.45, 2.75) is 13.5 Å². The highest BCUT2D eigenvalue weighted by Crippen LogP contribution is 2.18. The van der Waals surface area contributed by atoms with Crippen molar-refractivity contribution >= 4 is 5.91 Å². The molecule has 1 heterocycles. The molecule has 0 aliphatic carbocycles. The number of nitrogens with one attached hydrogen (secondary N) is 1. The minimum Gasteiger partial charge on any atom is -0.507 e. The first-order valence-electron chi connectivity index (χ1n) is 5.25. The minimum absolute atomic E-state index is 0.00491. The summed E-state index contributed by atoms with van der Waals surface area (Å²) in [5, 5.41) is 12.3. The molecule has 4 nitrogen and oxygen atoms in total. The molecule has 1 aromatic heterocycles. The van der Waals surface area contributed by atoms with Gasteiger partial charge in [0, 0.05) is 12.1 Å². The van der Waals surface area contributed by atoms with Gasteiger partial charge in [-0.25, -0.2) is 0 Å². The van der Waals surface area contributed by atoms with E-state index in [2.05, 4.69) is 5.32 Å². The SMILES string of the molecule is Cc1ccc(C(=O)NCc2ccoc2)c(O)c1. The van der Waals surface area contributed by atoms with E-state index >= 15 is 0 Å². The average Bonchev–Trinajstić information content (AvgIpc) is 2.78. The number of amides is 1. The Morgan fingerprint density at radius 1 is 1.41 bits per heavy atom. The van der Waals surface area contributed by atoms with Crippen molar-refractivity contribution in [1.82, 2.24) is 5.32 Å². The first-order valence-corrected chi connectivity index (χ1v) is 5.25. The van der Waals surface area contributed by atoms with E-state index in [-0.39, 0.29) is 17.2 Å². The van der Waals surface area contributed by atoms with Crippen LogP contribution in [0.2, 0.25) is 0 Å². The molecular formula is C13H13NO3. The molecule has 88 valence electrons. The monoisotopic (exact) mass is 231 g/mol. The Morgan fingerprint density at radius 3 is 2.88 bits per heavy atom. The van der Waals surface area contributed by atoms with Crippen LogP contribution in [-0.2, 0) is 6.54 Å². The summed E-state index contributed by atoms with van der Waals surface area (Å²) in [4.78, 5) is 11.8. The topological polar surface area (TPSA) is 62.5 Å². The zero-order chi connectivity index (χ0) is 12.3. The highest BCUT2D eigenvalue weighted by molar-refractivity contribution is 5.96. The van der Waals surface area contributed by atoms with Gasteiger partial charge in [0.05, 0.1) is 18.1 Å².